The standard InChI is InChI=1S/C11H20Cl2O/c1-9(12)5-3-7-11(14)8-4-6-10(2)13/h9-10H,3-8H2,1-2H3. The highest BCUT2D eigenvalue weighted by Crippen LogP contribution is 2.11. The Bertz CT molecular complexity index is 139. The smallest absolute Gasteiger partial charge is 0.132 e. The van der Waals surface area contributed by atoms with Gasteiger partial charge in [-0.25, -0.2) is 0 Å². The lowest BCUT2D eigenvalue weighted by atomic mass is 10.1. The summed E-state index contributed by atoms with van der Waals surface area (Å²) in [7, 11) is 0. The molecule has 84 valence electrons. The molecular weight excluding hydrogens is 219 g/mol. The van der Waals surface area contributed by atoms with Crippen LogP contribution in [0.25, 0.3) is 0 Å². The second kappa shape index (κ2) is 8.55. The summed E-state index contributed by atoms with van der Waals surface area (Å²) in [4.78, 5) is 11.3. The third-order valence-electron chi connectivity index (χ3n) is 2.12. The lowest BCUT2D eigenvalue weighted by Crippen LogP contribution is -2.01. The zero-order valence-corrected chi connectivity index (χ0v) is 10.6. The van der Waals surface area contributed by atoms with E-state index in [1.165, 1.54) is 0 Å². The molecule has 0 spiro atoms. The fourth-order valence-electron chi connectivity index (χ4n) is 1.29. The summed E-state index contributed by atoms with van der Waals surface area (Å²) in [6, 6.07) is 0. The third-order valence-corrected chi connectivity index (χ3v) is 2.55. The summed E-state index contributed by atoms with van der Waals surface area (Å²) in [6.45, 7) is 3.92. The Morgan fingerprint density at radius 2 is 1.36 bits per heavy atom. The number of hydrogen-bond acceptors (Lipinski definition) is 1. The first-order valence-corrected chi connectivity index (χ1v) is 6.19. The molecule has 3 heteroatoms. The molecule has 0 bridgehead atoms. The Labute approximate surface area is 97.2 Å². The highest BCUT2D eigenvalue weighted by atomic mass is 35.5. The Morgan fingerprint density at radius 1 is 1.00 bits per heavy atom. The van der Waals surface area contributed by atoms with E-state index in [0.717, 1.165) is 25.7 Å². The predicted octanol–water partition coefficient (Wildman–Crippen LogP) is 4.15. The van der Waals surface area contributed by atoms with E-state index in [2.05, 4.69) is 0 Å². The molecule has 2 atom stereocenters. The summed E-state index contributed by atoms with van der Waals surface area (Å²) >= 11 is 11.6. The summed E-state index contributed by atoms with van der Waals surface area (Å²) in [5.41, 5.74) is 0. The van der Waals surface area contributed by atoms with E-state index in [4.69, 9.17) is 23.2 Å². The fourth-order valence-corrected chi connectivity index (χ4v) is 1.59. The minimum Gasteiger partial charge on any atom is -0.300 e. The maximum absolute atomic E-state index is 11.3. The van der Waals surface area contributed by atoms with Gasteiger partial charge in [-0.3, -0.25) is 4.79 Å². The second-order valence-electron chi connectivity index (χ2n) is 3.88. The molecular formula is C11H20Cl2O. The molecule has 0 N–H and O–H groups in total. The molecule has 0 aromatic rings. The second-order valence-corrected chi connectivity index (χ2v) is 5.37. The van der Waals surface area contributed by atoms with Gasteiger partial charge in [0, 0.05) is 23.6 Å². The van der Waals surface area contributed by atoms with Gasteiger partial charge in [-0.05, 0) is 39.5 Å². The molecule has 0 amide bonds. The SMILES string of the molecule is CC(Cl)CCCC(=O)CCCC(C)Cl. The van der Waals surface area contributed by atoms with Crippen molar-refractivity contribution in [1.82, 2.24) is 0 Å². The van der Waals surface area contributed by atoms with E-state index in [-0.39, 0.29) is 10.8 Å². The van der Waals surface area contributed by atoms with Crippen molar-refractivity contribution in [2.75, 3.05) is 0 Å². The number of carbonyl (C=O) groups excluding carboxylic acids is 1. The van der Waals surface area contributed by atoms with Crippen LogP contribution in [0.3, 0.4) is 0 Å². The minimum absolute atomic E-state index is 0.186. The van der Waals surface area contributed by atoms with E-state index >= 15 is 0 Å². The monoisotopic (exact) mass is 238 g/mol. The van der Waals surface area contributed by atoms with Gasteiger partial charge in [0.2, 0.25) is 0 Å². The number of halogens is 2. The van der Waals surface area contributed by atoms with E-state index in [1.807, 2.05) is 13.8 Å². The first-order valence-electron chi connectivity index (χ1n) is 5.32. The molecule has 0 fully saturated rings. The van der Waals surface area contributed by atoms with Crippen molar-refractivity contribution in [2.45, 2.75) is 63.1 Å². The van der Waals surface area contributed by atoms with Gasteiger partial charge < -0.3 is 0 Å². The Hall–Kier alpha value is 0.250. The van der Waals surface area contributed by atoms with Crippen LogP contribution in [-0.4, -0.2) is 16.5 Å². The van der Waals surface area contributed by atoms with Crippen molar-refractivity contribution in [3.63, 3.8) is 0 Å². The number of Topliss-reactive ketones (excluding diaryl/α,β-unsaturated/α-hetero) is 1. The average Bonchev–Trinajstić information content (AvgIpc) is 2.02. The molecule has 0 heterocycles. The number of carbonyl (C=O) groups is 1. The summed E-state index contributed by atoms with van der Waals surface area (Å²) in [5.74, 6) is 0.347. The van der Waals surface area contributed by atoms with Crippen LogP contribution >= 0.6 is 23.2 Å². The van der Waals surface area contributed by atoms with Crippen molar-refractivity contribution in [3.8, 4) is 0 Å². The minimum atomic E-state index is 0.186. The quantitative estimate of drug-likeness (QED) is 0.581. The van der Waals surface area contributed by atoms with Crippen molar-refractivity contribution >= 4 is 29.0 Å². The van der Waals surface area contributed by atoms with Crippen molar-refractivity contribution in [2.24, 2.45) is 0 Å². The van der Waals surface area contributed by atoms with Gasteiger partial charge in [0.1, 0.15) is 5.78 Å². The van der Waals surface area contributed by atoms with Crippen LogP contribution in [0.4, 0.5) is 0 Å². The van der Waals surface area contributed by atoms with Crippen LogP contribution in [0.2, 0.25) is 0 Å². The van der Waals surface area contributed by atoms with Crippen LogP contribution in [0.15, 0.2) is 0 Å². The highest BCUT2D eigenvalue weighted by molar-refractivity contribution is 6.20. The number of ketones is 1. The average molecular weight is 239 g/mol. The Balaban J connectivity index is 3.28. The molecule has 14 heavy (non-hydrogen) atoms. The summed E-state index contributed by atoms with van der Waals surface area (Å²) < 4.78 is 0. The third kappa shape index (κ3) is 10.3. The normalized spacial score (nSPS) is 15.1. The molecule has 0 rings (SSSR count). The Morgan fingerprint density at radius 3 is 1.64 bits per heavy atom. The molecule has 0 saturated carbocycles. The molecule has 0 radical (unpaired) electrons. The van der Waals surface area contributed by atoms with Gasteiger partial charge in [-0.1, -0.05) is 0 Å². The predicted molar refractivity (Wildman–Crippen MR) is 63.3 cm³/mol. The van der Waals surface area contributed by atoms with Gasteiger partial charge in [-0.2, -0.15) is 0 Å². The van der Waals surface area contributed by atoms with Crippen LogP contribution in [0, 0.1) is 0 Å². The number of rotatable bonds is 8. The van der Waals surface area contributed by atoms with Crippen molar-refractivity contribution in [3.05, 3.63) is 0 Å². The fraction of sp³-hybridized carbons (Fsp3) is 0.909. The van der Waals surface area contributed by atoms with Crippen LogP contribution in [0.5, 0.6) is 0 Å². The lowest BCUT2D eigenvalue weighted by Gasteiger charge is -2.03. The van der Waals surface area contributed by atoms with Gasteiger partial charge in [0.25, 0.3) is 0 Å². The van der Waals surface area contributed by atoms with Gasteiger partial charge in [0.15, 0.2) is 0 Å². The Kier molecular flexibility index (Phi) is 8.70. The molecule has 0 aliphatic rings. The molecule has 0 saturated heterocycles. The number of hydrogen-bond donors (Lipinski definition) is 0. The van der Waals surface area contributed by atoms with Gasteiger partial charge >= 0.3 is 0 Å². The zero-order chi connectivity index (χ0) is 11.0. The summed E-state index contributed by atoms with van der Waals surface area (Å²) in [6.07, 6.45) is 5.04. The zero-order valence-electron chi connectivity index (χ0n) is 9.06. The first kappa shape index (κ1) is 14.2. The largest absolute Gasteiger partial charge is 0.300 e. The molecule has 0 aliphatic carbocycles. The molecule has 0 aromatic heterocycles. The van der Waals surface area contributed by atoms with E-state index < -0.39 is 0 Å². The topological polar surface area (TPSA) is 17.1 Å². The number of alkyl halides is 2. The van der Waals surface area contributed by atoms with E-state index in [0.29, 0.717) is 18.6 Å². The van der Waals surface area contributed by atoms with Gasteiger partial charge in [-0.15, -0.1) is 23.2 Å². The molecule has 0 aromatic carbocycles. The highest BCUT2D eigenvalue weighted by Gasteiger charge is 2.04. The van der Waals surface area contributed by atoms with Crippen molar-refractivity contribution in [1.29, 1.82) is 0 Å². The van der Waals surface area contributed by atoms with E-state index in [1.54, 1.807) is 0 Å². The molecule has 2 unspecified atom stereocenters. The van der Waals surface area contributed by atoms with Crippen molar-refractivity contribution < 1.29 is 4.79 Å². The maximum Gasteiger partial charge on any atom is 0.132 e. The van der Waals surface area contributed by atoms with E-state index in [9.17, 15) is 4.79 Å². The summed E-state index contributed by atoms with van der Waals surface area (Å²) in [5, 5.41) is 0.372. The first-order chi connectivity index (χ1) is 6.52. The van der Waals surface area contributed by atoms with Crippen LogP contribution in [0.1, 0.15) is 52.4 Å². The maximum atomic E-state index is 11.3. The lowest BCUT2D eigenvalue weighted by molar-refractivity contribution is -0.119. The van der Waals surface area contributed by atoms with Crippen LogP contribution < -0.4 is 0 Å². The van der Waals surface area contributed by atoms with Gasteiger partial charge in [0.05, 0.1) is 0 Å². The molecule has 0 aliphatic heterocycles. The molecule has 1 nitrogen and oxygen atoms in total. The van der Waals surface area contributed by atoms with Crippen LogP contribution in [-0.2, 0) is 4.79 Å².